The van der Waals surface area contributed by atoms with Crippen molar-refractivity contribution < 1.29 is 14.4 Å². The Balaban J connectivity index is 1.99. The molecule has 0 spiro atoms. The van der Waals surface area contributed by atoms with Crippen LogP contribution in [-0.2, 0) is 17.1 Å². The first-order valence-corrected chi connectivity index (χ1v) is 11.3. The second-order valence-electron chi connectivity index (χ2n) is 7.55. The van der Waals surface area contributed by atoms with E-state index in [1.54, 1.807) is 18.9 Å². The zero-order valence-electron chi connectivity index (χ0n) is 18.7. The molecule has 7 nitrogen and oxygen atoms in total. The van der Waals surface area contributed by atoms with E-state index in [4.69, 9.17) is 9.72 Å². The van der Waals surface area contributed by atoms with Crippen molar-refractivity contribution in [3.63, 3.8) is 0 Å². The smallest absolute Gasteiger partial charge is 0.251 e. The number of methoxy groups -OCH3 is 1. The van der Waals surface area contributed by atoms with Crippen molar-refractivity contribution in [3.8, 4) is 0 Å². The largest absolute Gasteiger partial charge is 0.378 e. The number of nitrogens with zero attached hydrogens (tertiary/aromatic N) is 3. The molecule has 0 aliphatic carbocycles. The quantitative estimate of drug-likeness (QED) is 0.392. The minimum Gasteiger partial charge on any atom is -0.378 e. The molecule has 0 unspecified atom stereocenters. The zero-order chi connectivity index (χ0) is 21.9. The number of carbonyl (C=O) groups is 1. The molecule has 0 aliphatic rings. The molecule has 0 fully saturated rings. The average molecular weight is 433 g/mol. The highest BCUT2D eigenvalue weighted by Gasteiger charge is 2.10. The summed E-state index contributed by atoms with van der Waals surface area (Å²) < 4.78 is 5.26. The Morgan fingerprint density at radius 2 is 1.97 bits per heavy atom. The van der Waals surface area contributed by atoms with Gasteiger partial charge in [0, 0.05) is 38.1 Å². The zero-order valence-corrected chi connectivity index (χ0v) is 19.5. The lowest BCUT2D eigenvalue weighted by Gasteiger charge is -2.18. The summed E-state index contributed by atoms with van der Waals surface area (Å²) in [5.74, 6) is 1.61. The van der Waals surface area contributed by atoms with Crippen LogP contribution in [0.4, 0.5) is 5.82 Å². The Kier molecular flexibility index (Phi) is 10.1. The number of likely N-dealkylation sites (N-methyl/N-ethyl adjacent to an activating group) is 1. The van der Waals surface area contributed by atoms with Crippen molar-refractivity contribution in [2.45, 2.75) is 30.9 Å². The van der Waals surface area contributed by atoms with E-state index in [9.17, 15) is 4.79 Å². The first-order chi connectivity index (χ1) is 14.4. The number of benzene rings is 1. The van der Waals surface area contributed by atoms with Crippen molar-refractivity contribution in [1.29, 1.82) is 0 Å². The van der Waals surface area contributed by atoms with Crippen LogP contribution in [0.15, 0.2) is 35.5 Å². The number of hydrogen-bond donors (Lipinski definition) is 2. The summed E-state index contributed by atoms with van der Waals surface area (Å²) in [5.41, 5.74) is 2.68. The molecule has 0 bridgehead atoms. The molecule has 0 saturated carbocycles. The van der Waals surface area contributed by atoms with Gasteiger partial charge in [-0.3, -0.25) is 4.79 Å². The third kappa shape index (κ3) is 7.93. The van der Waals surface area contributed by atoms with Gasteiger partial charge in [-0.15, -0.1) is 0 Å². The summed E-state index contributed by atoms with van der Waals surface area (Å²) in [6.07, 6.45) is 1.05. The Bertz CT molecular complexity index is 799. The SMILES string of the molecule is CCCN(C)c1cc(COC)nc(SCc2ccc(C(=O)NCC[NH+](C)C)cc2)n1. The normalized spacial score (nSPS) is 11.0. The summed E-state index contributed by atoms with van der Waals surface area (Å²) in [6, 6.07) is 9.70. The molecule has 2 N–H and O–H groups in total. The van der Waals surface area contributed by atoms with Crippen LogP contribution >= 0.6 is 11.8 Å². The first-order valence-electron chi connectivity index (χ1n) is 10.3. The number of amides is 1. The lowest BCUT2D eigenvalue weighted by Crippen LogP contribution is -3.06. The second kappa shape index (κ2) is 12.5. The fraction of sp³-hybridized carbons (Fsp3) is 0.500. The minimum atomic E-state index is -0.0327. The standard InChI is InChI=1S/C22H33N5O2S/c1-6-12-27(4)20-14-19(15-29-5)24-22(25-20)30-16-17-7-9-18(10-8-17)21(28)23-11-13-26(2)3/h7-10,14H,6,11-13,15-16H2,1-5H3,(H,23,28)/p+1. The Labute approximate surface area is 184 Å². The van der Waals surface area contributed by atoms with Gasteiger partial charge < -0.3 is 19.9 Å². The van der Waals surface area contributed by atoms with Crippen molar-refractivity contribution in [1.82, 2.24) is 15.3 Å². The highest BCUT2D eigenvalue weighted by Crippen LogP contribution is 2.23. The predicted octanol–water partition coefficient (Wildman–Crippen LogP) is 1.64. The summed E-state index contributed by atoms with van der Waals surface area (Å²) in [7, 11) is 7.85. The average Bonchev–Trinajstić information content (AvgIpc) is 2.72. The van der Waals surface area contributed by atoms with Crippen LogP contribution in [0.5, 0.6) is 0 Å². The maximum Gasteiger partial charge on any atom is 0.251 e. The fourth-order valence-corrected chi connectivity index (χ4v) is 3.65. The number of carbonyl (C=O) groups excluding carboxylic acids is 1. The number of quaternary nitrogens is 1. The van der Waals surface area contributed by atoms with E-state index in [1.807, 2.05) is 37.4 Å². The van der Waals surface area contributed by atoms with E-state index in [2.05, 4.69) is 36.2 Å². The molecule has 0 radical (unpaired) electrons. The van der Waals surface area contributed by atoms with Crippen LogP contribution in [-0.4, -0.2) is 63.8 Å². The number of rotatable bonds is 12. The number of aromatic nitrogens is 2. The van der Waals surface area contributed by atoms with Crippen molar-refractivity contribution >= 4 is 23.5 Å². The maximum atomic E-state index is 12.2. The lowest BCUT2D eigenvalue weighted by atomic mass is 10.1. The van der Waals surface area contributed by atoms with Gasteiger partial charge in [0.25, 0.3) is 5.91 Å². The van der Waals surface area contributed by atoms with Crippen LogP contribution in [0.25, 0.3) is 0 Å². The van der Waals surface area contributed by atoms with Gasteiger partial charge in [0.15, 0.2) is 5.16 Å². The Hall–Kier alpha value is -2.16. The van der Waals surface area contributed by atoms with Gasteiger partial charge in [0.2, 0.25) is 0 Å². The third-order valence-electron chi connectivity index (χ3n) is 4.48. The molecule has 0 aliphatic heterocycles. The lowest BCUT2D eigenvalue weighted by molar-refractivity contribution is -0.856. The maximum absolute atomic E-state index is 12.2. The predicted molar refractivity (Wildman–Crippen MR) is 122 cm³/mol. The van der Waals surface area contributed by atoms with Crippen LogP contribution < -0.4 is 15.1 Å². The highest BCUT2D eigenvalue weighted by molar-refractivity contribution is 7.98. The highest BCUT2D eigenvalue weighted by atomic mass is 32.2. The van der Waals surface area contributed by atoms with Crippen molar-refractivity contribution in [3.05, 3.63) is 47.2 Å². The van der Waals surface area contributed by atoms with Crippen LogP contribution in [0, 0.1) is 0 Å². The van der Waals surface area contributed by atoms with Gasteiger partial charge in [-0.1, -0.05) is 30.8 Å². The molecular formula is C22H34N5O2S+. The summed E-state index contributed by atoms with van der Waals surface area (Å²) in [5, 5.41) is 3.68. The van der Waals surface area contributed by atoms with Crippen molar-refractivity contribution in [2.75, 3.05) is 52.8 Å². The summed E-state index contributed by atoms with van der Waals surface area (Å²) >= 11 is 1.59. The molecule has 0 atom stereocenters. The monoisotopic (exact) mass is 432 g/mol. The van der Waals surface area contributed by atoms with Gasteiger partial charge in [-0.25, -0.2) is 9.97 Å². The number of thioether (sulfide) groups is 1. The van der Waals surface area contributed by atoms with E-state index in [1.165, 1.54) is 4.90 Å². The van der Waals surface area contributed by atoms with E-state index in [0.717, 1.165) is 47.5 Å². The van der Waals surface area contributed by atoms with E-state index >= 15 is 0 Å². The van der Waals surface area contributed by atoms with Crippen molar-refractivity contribution in [2.24, 2.45) is 0 Å². The van der Waals surface area contributed by atoms with Gasteiger partial charge in [-0.2, -0.15) is 0 Å². The first kappa shape index (κ1) is 24.1. The third-order valence-corrected chi connectivity index (χ3v) is 5.40. The molecule has 1 aromatic carbocycles. The second-order valence-corrected chi connectivity index (χ2v) is 8.50. The van der Waals surface area contributed by atoms with Crippen LogP contribution in [0.2, 0.25) is 0 Å². The molecule has 0 saturated heterocycles. The molecule has 30 heavy (non-hydrogen) atoms. The molecule has 1 aromatic heterocycles. The van der Waals surface area contributed by atoms with Crippen LogP contribution in [0.1, 0.15) is 35.0 Å². The van der Waals surface area contributed by atoms with E-state index < -0.39 is 0 Å². The molecule has 2 aromatic rings. The number of anilines is 1. The Morgan fingerprint density at radius 1 is 1.23 bits per heavy atom. The molecule has 164 valence electrons. The Morgan fingerprint density at radius 3 is 2.60 bits per heavy atom. The summed E-state index contributed by atoms with van der Waals surface area (Å²) in [4.78, 5) is 25.0. The van der Waals surface area contributed by atoms with Gasteiger partial charge in [0.05, 0.1) is 39.5 Å². The van der Waals surface area contributed by atoms with Crippen LogP contribution in [0.3, 0.4) is 0 Å². The number of hydrogen-bond acceptors (Lipinski definition) is 6. The van der Waals surface area contributed by atoms with Gasteiger partial charge in [-0.05, 0) is 24.1 Å². The molecule has 2 rings (SSSR count). The summed E-state index contributed by atoms with van der Waals surface area (Å²) in [6.45, 7) is 5.12. The van der Waals surface area contributed by atoms with E-state index in [0.29, 0.717) is 18.7 Å². The fourth-order valence-electron chi connectivity index (χ4n) is 2.82. The number of ether oxygens (including phenoxy) is 1. The van der Waals surface area contributed by atoms with E-state index in [-0.39, 0.29) is 5.91 Å². The molecular weight excluding hydrogens is 398 g/mol. The number of nitrogens with one attached hydrogen (secondary N) is 2. The minimum absolute atomic E-state index is 0.0327. The molecule has 1 amide bonds. The molecule has 8 heteroatoms. The topological polar surface area (TPSA) is 71.8 Å². The van der Waals surface area contributed by atoms with Gasteiger partial charge >= 0.3 is 0 Å². The van der Waals surface area contributed by atoms with Gasteiger partial charge in [0.1, 0.15) is 5.82 Å². The molecule has 1 heterocycles.